The number of aryl methyl sites for hydroxylation is 4. The molecule has 164 valence electrons. The van der Waals surface area contributed by atoms with E-state index in [-0.39, 0.29) is 5.69 Å². The van der Waals surface area contributed by atoms with Crippen molar-refractivity contribution >= 4 is 40.3 Å². The van der Waals surface area contributed by atoms with Gasteiger partial charge in [0.2, 0.25) is 0 Å². The predicted octanol–water partition coefficient (Wildman–Crippen LogP) is 4.62. The highest BCUT2D eigenvalue weighted by Crippen LogP contribution is 2.32. The number of hydrogen-bond acceptors (Lipinski definition) is 8. The molecular weight excluding hydrogens is 448 g/mol. The monoisotopic (exact) mass is 468 g/mol. The summed E-state index contributed by atoms with van der Waals surface area (Å²) in [5.41, 5.74) is 9.06. The molecule has 11 heteroatoms. The van der Waals surface area contributed by atoms with Crippen molar-refractivity contribution in [2.75, 3.05) is 5.32 Å². The lowest BCUT2D eigenvalue weighted by Crippen LogP contribution is -2.44. The van der Waals surface area contributed by atoms with Gasteiger partial charge in [0.15, 0.2) is 5.69 Å². The minimum atomic E-state index is -0.618. The zero-order valence-electron chi connectivity index (χ0n) is 17.8. The first-order valence-corrected chi connectivity index (χ1v) is 11.4. The second kappa shape index (κ2) is 8.89. The van der Waals surface area contributed by atoms with Crippen molar-refractivity contribution < 1.29 is 14.1 Å². The number of hydrazine groups is 1. The molecule has 9 nitrogen and oxygen atoms in total. The summed E-state index contributed by atoms with van der Waals surface area (Å²) in [6.07, 6.45) is 0. The molecule has 4 rings (SSSR count). The third kappa shape index (κ3) is 4.39. The van der Waals surface area contributed by atoms with E-state index < -0.39 is 11.9 Å². The van der Waals surface area contributed by atoms with Crippen LogP contribution in [0.15, 0.2) is 33.5 Å². The molecule has 0 fully saturated rings. The van der Waals surface area contributed by atoms with Gasteiger partial charge in [0.05, 0.1) is 16.3 Å². The lowest BCUT2D eigenvalue weighted by atomic mass is 10.1. The van der Waals surface area contributed by atoms with Crippen molar-refractivity contribution in [3.8, 4) is 22.0 Å². The summed E-state index contributed by atoms with van der Waals surface area (Å²) >= 11 is 2.96. The molecule has 1 aromatic carbocycles. The van der Waals surface area contributed by atoms with Crippen molar-refractivity contribution in [1.82, 2.24) is 26.0 Å². The molecule has 3 heterocycles. The minimum Gasteiger partial charge on any atom is -0.360 e. The van der Waals surface area contributed by atoms with Gasteiger partial charge in [-0.2, -0.15) is 0 Å². The smallest absolute Gasteiger partial charge is 0.337 e. The van der Waals surface area contributed by atoms with Crippen molar-refractivity contribution in [3.63, 3.8) is 0 Å². The van der Waals surface area contributed by atoms with E-state index in [2.05, 4.69) is 31.3 Å². The Morgan fingerprint density at radius 2 is 1.66 bits per heavy atom. The van der Waals surface area contributed by atoms with E-state index in [1.54, 1.807) is 18.3 Å². The van der Waals surface area contributed by atoms with Crippen LogP contribution in [0.2, 0.25) is 0 Å². The molecule has 0 bridgehead atoms. The first kappa shape index (κ1) is 21.7. The number of aromatic nitrogens is 3. The molecule has 3 amide bonds. The quantitative estimate of drug-likeness (QED) is 0.376. The lowest BCUT2D eigenvalue weighted by molar-refractivity contribution is 0.0929. The van der Waals surface area contributed by atoms with Crippen molar-refractivity contribution in [1.29, 1.82) is 0 Å². The largest absolute Gasteiger partial charge is 0.360 e. The second-order valence-corrected chi connectivity index (χ2v) is 8.97. The molecule has 0 aliphatic carbocycles. The fourth-order valence-electron chi connectivity index (χ4n) is 3.13. The summed E-state index contributed by atoms with van der Waals surface area (Å²) < 4.78 is 5.24. The molecule has 0 saturated heterocycles. The average Bonchev–Trinajstić information content (AvgIpc) is 3.48. The number of carbonyl (C=O) groups is 2. The summed E-state index contributed by atoms with van der Waals surface area (Å²) in [6, 6.07) is 5.11. The van der Waals surface area contributed by atoms with Crippen LogP contribution in [0.4, 0.5) is 10.5 Å². The van der Waals surface area contributed by atoms with Gasteiger partial charge in [0, 0.05) is 16.4 Å². The summed E-state index contributed by atoms with van der Waals surface area (Å²) in [5.74, 6) is -0.172. The number of nitrogens with one attached hydrogen (secondary N) is 3. The maximum atomic E-state index is 12.7. The Morgan fingerprint density at radius 3 is 2.34 bits per heavy atom. The standard InChI is InChI=1S/C21H20N6O3S2/c1-10-6-5-7-11(2)17(10)24-21(29)26-25-19(28)18-16(12(3)30-27-18)14-8-32-20(23-14)15-9-31-13(4)22-15/h5-9H,1-4H3,(H,25,28)(H2,24,26,29). The summed E-state index contributed by atoms with van der Waals surface area (Å²) in [4.78, 5) is 34.0. The minimum absolute atomic E-state index is 0.0289. The van der Waals surface area contributed by atoms with Crippen LogP contribution in [-0.4, -0.2) is 27.1 Å². The molecule has 0 atom stereocenters. The van der Waals surface area contributed by atoms with E-state index in [1.165, 1.54) is 11.3 Å². The molecule has 32 heavy (non-hydrogen) atoms. The summed E-state index contributed by atoms with van der Waals surface area (Å²) in [7, 11) is 0. The number of carbonyl (C=O) groups excluding carboxylic acids is 2. The van der Waals surface area contributed by atoms with Crippen LogP contribution in [0, 0.1) is 27.7 Å². The summed E-state index contributed by atoms with van der Waals surface area (Å²) in [6.45, 7) is 7.41. The zero-order chi connectivity index (χ0) is 22.8. The number of para-hydroxylation sites is 1. The van der Waals surface area contributed by atoms with Gasteiger partial charge in [-0.3, -0.25) is 10.2 Å². The van der Waals surface area contributed by atoms with Crippen LogP contribution in [0.25, 0.3) is 22.0 Å². The molecule has 3 N–H and O–H groups in total. The highest BCUT2D eigenvalue weighted by Gasteiger charge is 2.24. The van der Waals surface area contributed by atoms with Crippen LogP contribution >= 0.6 is 22.7 Å². The van der Waals surface area contributed by atoms with E-state index in [4.69, 9.17) is 4.52 Å². The normalized spacial score (nSPS) is 10.8. The highest BCUT2D eigenvalue weighted by atomic mass is 32.1. The van der Waals surface area contributed by atoms with E-state index in [1.807, 2.05) is 49.7 Å². The van der Waals surface area contributed by atoms with Crippen LogP contribution in [0.1, 0.15) is 32.4 Å². The molecule has 0 unspecified atom stereocenters. The van der Waals surface area contributed by atoms with Crippen LogP contribution in [-0.2, 0) is 0 Å². The fourth-order valence-corrected chi connectivity index (χ4v) is 4.57. The van der Waals surface area contributed by atoms with Crippen molar-refractivity contribution in [3.05, 3.63) is 56.5 Å². The fraction of sp³-hybridized carbons (Fsp3) is 0.190. The van der Waals surface area contributed by atoms with Crippen LogP contribution in [0.5, 0.6) is 0 Å². The van der Waals surface area contributed by atoms with Gasteiger partial charge in [-0.15, -0.1) is 22.7 Å². The number of anilines is 1. The Labute approximate surface area is 191 Å². The molecule has 0 aliphatic heterocycles. The predicted molar refractivity (Wildman–Crippen MR) is 124 cm³/mol. The number of nitrogens with zero attached hydrogens (tertiary/aromatic N) is 3. The molecule has 0 spiro atoms. The highest BCUT2D eigenvalue weighted by molar-refractivity contribution is 7.14. The van der Waals surface area contributed by atoms with E-state index >= 15 is 0 Å². The molecule has 0 aliphatic rings. The number of thiazole rings is 2. The number of rotatable bonds is 4. The van der Waals surface area contributed by atoms with Gasteiger partial charge in [-0.05, 0) is 38.8 Å². The zero-order valence-corrected chi connectivity index (χ0v) is 19.4. The first-order valence-electron chi connectivity index (χ1n) is 9.61. The number of amides is 3. The van der Waals surface area contributed by atoms with Gasteiger partial charge in [-0.1, -0.05) is 23.4 Å². The summed E-state index contributed by atoms with van der Waals surface area (Å²) in [5, 5.41) is 12.0. The molecule has 0 radical (unpaired) electrons. The lowest BCUT2D eigenvalue weighted by Gasteiger charge is -2.12. The van der Waals surface area contributed by atoms with Gasteiger partial charge in [0.1, 0.15) is 16.5 Å². The van der Waals surface area contributed by atoms with Crippen LogP contribution < -0.4 is 16.2 Å². The Hall–Kier alpha value is -3.57. The molecule has 4 aromatic rings. The topological polar surface area (TPSA) is 122 Å². The van der Waals surface area contributed by atoms with Gasteiger partial charge in [0.25, 0.3) is 5.91 Å². The van der Waals surface area contributed by atoms with Gasteiger partial charge in [-0.25, -0.2) is 20.2 Å². The second-order valence-electron chi connectivity index (χ2n) is 7.05. The number of urea groups is 1. The van der Waals surface area contributed by atoms with Gasteiger partial charge >= 0.3 is 6.03 Å². The Morgan fingerprint density at radius 1 is 0.938 bits per heavy atom. The van der Waals surface area contributed by atoms with Crippen molar-refractivity contribution in [2.24, 2.45) is 0 Å². The average molecular weight is 469 g/mol. The van der Waals surface area contributed by atoms with Gasteiger partial charge < -0.3 is 9.84 Å². The third-order valence-corrected chi connectivity index (χ3v) is 6.32. The molecule has 3 aromatic heterocycles. The Bertz CT molecular complexity index is 1290. The number of hydrogen-bond donors (Lipinski definition) is 3. The SMILES string of the molecule is Cc1nc(-c2nc(-c3c(C(=O)NNC(=O)Nc4c(C)cccc4C)noc3C)cs2)cs1. The maximum Gasteiger partial charge on any atom is 0.337 e. The maximum absolute atomic E-state index is 12.7. The van der Waals surface area contributed by atoms with Crippen LogP contribution in [0.3, 0.4) is 0 Å². The molecular formula is C21H20N6O3S2. The van der Waals surface area contributed by atoms with E-state index in [9.17, 15) is 9.59 Å². The Balaban J connectivity index is 1.48. The third-order valence-electron chi connectivity index (χ3n) is 4.69. The number of benzene rings is 1. The Kier molecular flexibility index (Phi) is 6.01. The van der Waals surface area contributed by atoms with Crippen molar-refractivity contribution in [2.45, 2.75) is 27.7 Å². The molecule has 0 saturated carbocycles. The first-order chi connectivity index (χ1) is 15.3. The van der Waals surface area contributed by atoms with E-state index in [0.29, 0.717) is 22.7 Å². The van der Waals surface area contributed by atoms with E-state index in [0.717, 1.165) is 26.8 Å².